The second kappa shape index (κ2) is 16.1. The Hall–Kier alpha value is -4.10. The lowest BCUT2D eigenvalue weighted by atomic mass is 9.79. The number of hydrogen-bond acceptors (Lipinski definition) is 6. The Labute approximate surface area is 324 Å². The molecule has 1 aliphatic heterocycles. The van der Waals surface area contributed by atoms with Gasteiger partial charge >= 0.3 is 0 Å². The number of para-hydroxylation sites is 1. The molecule has 0 amide bonds. The quantitative estimate of drug-likeness (QED) is 0.127. The number of aromatic nitrogens is 2. The van der Waals surface area contributed by atoms with Gasteiger partial charge in [-0.25, -0.2) is 0 Å². The van der Waals surface area contributed by atoms with Gasteiger partial charge in [0.15, 0.2) is 0 Å². The van der Waals surface area contributed by atoms with Crippen LogP contribution in [-0.4, -0.2) is 48.2 Å². The van der Waals surface area contributed by atoms with E-state index in [4.69, 9.17) is 42.6 Å². The summed E-state index contributed by atoms with van der Waals surface area (Å²) >= 11 is 13.5. The molecular formula is C45H48Cl2N4O2. The zero-order valence-electron chi connectivity index (χ0n) is 30.7. The van der Waals surface area contributed by atoms with Crippen LogP contribution in [0.5, 0.6) is 11.5 Å². The van der Waals surface area contributed by atoms with Gasteiger partial charge in [-0.15, -0.1) is 0 Å². The number of hydrogen-bond donors (Lipinski definition) is 0. The Kier molecular flexibility index (Phi) is 10.9. The van der Waals surface area contributed by atoms with Crippen LogP contribution in [0.3, 0.4) is 0 Å². The summed E-state index contributed by atoms with van der Waals surface area (Å²) in [7, 11) is 3.39. The largest absolute Gasteiger partial charge is 0.495 e. The highest BCUT2D eigenvalue weighted by molar-refractivity contribution is 6.33. The van der Waals surface area contributed by atoms with E-state index in [0.717, 1.165) is 83.1 Å². The van der Waals surface area contributed by atoms with Gasteiger partial charge in [0, 0.05) is 61.4 Å². The molecule has 0 unspecified atom stereocenters. The minimum absolute atomic E-state index is 0.422. The van der Waals surface area contributed by atoms with Crippen molar-refractivity contribution < 1.29 is 9.47 Å². The van der Waals surface area contributed by atoms with Gasteiger partial charge < -0.3 is 14.4 Å². The zero-order chi connectivity index (χ0) is 36.3. The van der Waals surface area contributed by atoms with Gasteiger partial charge in [-0.3, -0.25) is 14.9 Å². The molecule has 3 heterocycles. The van der Waals surface area contributed by atoms with Crippen molar-refractivity contribution >= 4 is 28.9 Å². The van der Waals surface area contributed by atoms with Crippen molar-refractivity contribution in [2.24, 2.45) is 0 Å². The summed E-state index contributed by atoms with van der Waals surface area (Å²) in [5.41, 5.74) is 10.2. The lowest BCUT2D eigenvalue weighted by Gasteiger charge is -2.40. The summed E-state index contributed by atoms with van der Waals surface area (Å²) < 4.78 is 11.4. The summed E-state index contributed by atoms with van der Waals surface area (Å²) in [5, 5.41) is 1.48. The van der Waals surface area contributed by atoms with Gasteiger partial charge in [-0.1, -0.05) is 54.2 Å². The van der Waals surface area contributed by atoms with E-state index < -0.39 is 0 Å². The lowest BCUT2D eigenvalue weighted by Crippen LogP contribution is -2.44. The minimum atomic E-state index is 0.422. The van der Waals surface area contributed by atoms with Gasteiger partial charge in [0.1, 0.15) is 11.5 Å². The SMILES string of the molecule is COc1cc(-c2cc(CN3CCC(N(Cc4ccnc(-c5cc(OC)c(Cl)c(C6CCC6)c5)c4)c4ccccc4)CC3)ccn2)cc(C2CCC2)c1Cl. The molecule has 0 bridgehead atoms. The third-order valence-electron chi connectivity index (χ3n) is 11.7. The van der Waals surface area contributed by atoms with E-state index in [1.807, 2.05) is 24.5 Å². The number of likely N-dealkylation sites (tertiary alicyclic amines) is 1. The van der Waals surface area contributed by atoms with Gasteiger partial charge in [-0.2, -0.15) is 0 Å². The fourth-order valence-electron chi connectivity index (χ4n) is 8.22. The number of halogens is 2. The molecule has 274 valence electrons. The Bertz CT molecular complexity index is 2040. The van der Waals surface area contributed by atoms with E-state index in [0.29, 0.717) is 17.9 Å². The van der Waals surface area contributed by atoms with Gasteiger partial charge in [0.2, 0.25) is 0 Å². The molecule has 8 heteroatoms. The predicted molar refractivity (Wildman–Crippen MR) is 217 cm³/mol. The lowest BCUT2D eigenvalue weighted by molar-refractivity contribution is 0.201. The van der Waals surface area contributed by atoms with Crippen molar-refractivity contribution in [2.75, 3.05) is 32.2 Å². The first-order chi connectivity index (χ1) is 26.0. The maximum absolute atomic E-state index is 6.79. The Balaban J connectivity index is 0.972. The molecule has 3 aromatic carbocycles. The van der Waals surface area contributed by atoms with Crippen LogP contribution in [0.15, 0.2) is 91.3 Å². The molecule has 1 saturated heterocycles. The number of nitrogens with zero attached hydrogens (tertiary/aromatic N) is 4. The topological polar surface area (TPSA) is 50.7 Å². The second-order valence-electron chi connectivity index (χ2n) is 15.0. The van der Waals surface area contributed by atoms with Crippen LogP contribution >= 0.6 is 23.2 Å². The summed E-state index contributed by atoms with van der Waals surface area (Å²) in [4.78, 5) is 14.8. The van der Waals surface area contributed by atoms with Crippen LogP contribution in [0, 0.1) is 0 Å². The molecule has 2 aromatic heterocycles. The molecule has 3 fully saturated rings. The zero-order valence-corrected chi connectivity index (χ0v) is 32.3. The third kappa shape index (κ3) is 7.78. The summed E-state index contributed by atoms with van der Waals surface area (Å²) in [6, 6.07) is 28.6. The smallest absolute Gasteiger partial charge is 0.138 e. The maximum Gasteiger partial charge on any atom is 0.138 e. The van der Waals surface area contributed by atoms with E-state index in [1.165, 1.54) is 66.5 Å². The molecule has 53 heavy (non-hydrogen) atoms. The highest BCUT2D eigenvalue weighted by Crippen LogP contribution is 2.46. The van der Waals surface area contributed by atoms with Crippen LogP contribution in [0.25, 0.3) is 22.5 Å². The summed E-state index contributed by atoms with van der Waals surface area (Å²) in [6.07, 6.45) is 13.3. The number of rotatable bonds is 12. The van der Waals surface area contributed by atoms with Crippen molar-refractivity contribution in [3.63, 3.8) is 0 Å². The van der Waals surface area contributed by atoms with Crippen LogP contribution in [0.4, 0.5) is 5.69 Å². The fraction of sp³-hybridized carbons (Fsp3) is 0.378. The number of anilines is 1. The molecule has 5 aromatic rings. The molecule has 2 saturated carbocycles. The van der Waals surface area contributed by atoms with Crippen LogP contribution in [0.1, 0.15) is 85.5 Å². The Morgan fingerprint density at radius 1 is 0.660 bits per heavy atom. The first-order valence-corrected chi connectivity index (χ1v) is 19.9. The van der Waals surface area contributed by atoms with Crippen molar-refractivity contribution in [3.8, 4) is 34.0 Å². The van der Waals surface area contributed by atoms with E-state index in [9.17, 15) is 0 Å². The average Bonchev–Trinajstić information content (AvgIpc) is 3.15. The van der Waals surface area contributed by atoms with Gasteiger partial charge in [-0.05, 0) is 133 Å². The summed E-state index contributed by atoms with van der Waals surface area (Å²) in [6.45, 7) is 3.77. The first kappa shape index (κ1) is 35.9. The predicted octanol–water partition coefficient (Wildman–Crippen LogP) is 11.3. The highest BCUT2D eigenvalue weighted by Gasteiger charge is 2.28. The third-order valence-corrected chi connectivity index (χ3v) is 12.6. The van der Waals surface area contributed by atoms with Crippen molar-refractivity contribution in [2.45, 2.75) is 82.3 Å². The van der Waals surface area contributed by atoms with E-state index in [2.05, 4.69) is 76.5 Å². The number of ether oxygens (including phenoxy) is 2. The molecular weight excluding hydrogens is 699 g/mol. The molecule has 6 nitrogen and oxygen atoms in total. The summed E-state index contributed by atoms with van der Waals surface area (Å²) in [5.74, 6) is 2.46. The van der Waals surface area contributed by atoms with Crippen LogP contribution in [-0.2, 0) is 13.1 Å². The van der Waals surface area contributed by atoms with Crippen LogP contribution < -0.4 is 14.4 Å². The number of methoxy groups -OCH3 is 2. The molecule has 8 rings (SSSR count). The molecule has 2 aliphatic carbocycles. The number of pyridine rings is 2. The fourth-order valence-corrected chi connectivity index (χ4v) is 8.90. The van der Waals surface area contributed by atoms with Gasteiger partial charge in [0.25, 0.3) is 0 Å². The van der Waals surface area contributed by atoms with E-state index in [-0.39, 0.29) is 0 Å². The Morgan fingerprint density at radius 3 is 1.70 bits per heavy atom. The number of benzene rings is 3. The van der Waals surface area contributed by atoms with Crippen molar-refractivity contribution in [1.29, 1.82) is 0 Å². The maximum atomic E-state index is 6.79. The van der Waals surface area contributed by atoms with Crippen molar-refractivity contribution in [3.05, 3.63) is 124 Å². The van der Waals surface area contributed by atoms with E-state index in [1.54, 1.807) is 14.2 Å². The molecule has 0 spiro atoms. The van der Waals surface area contributed by atoms with E-state index >= 15 is 0 Å². The monoisotopic (exact) mass is 746 g/mol. The molecule has 0 radical (unpaired) electrons. The second-order valence-corrected chi connectivity index (χ2v) is 15.7. The van der Waals surface area contributed by atoms with Crippen molar-refractivity contribution in [1.82, 2.24) is 14.9 Å². The normalized spacial score (nSPS) is 16.9. The average molecular weight is 748 g/mol. The standard InChI is InChI=1S/C45H48Cl2N4O2/c1-52-42-26-34(24-38(44(42)46)32-8-6-9-32)40-22-30(14-18-48-40)28-50-20-16-37(17-21-50)51(36-12-4-3-5-13-36)29-31-15-19-49-41(23-31)35-25-39(33-10-7-11-33)45(47)43(27-35)53-2/h3-5,12-15,18-19,22-27,32-33,37H,6-11,16-17,20-21,28-29H2,1-2H3. The minimum Gasteiger partial charge on any atom is -0.495 e. The first-order valence-electron chi connectivity index (χ1n) is 19.2. The molecule has 0 atom stereocenters. The number of piperidine rings is 1. The Morgan fingerprint density at radius 2 is 1.19 bits per heavy atom. The molecule has 0 N–H and O–H groups in total. The van der Waals surface area contributed by atoms with Crippen LogP contribution in [0.2, 0.25) is 10.0 Å². The highest BCUT2D eigenvalue weighted by atomic mass is 35.5. The van der Waals surface area contributed by atoms with Gasteiger partial charge in [0.05, 0.1) is 35.7 Å². The molecule has 3 aliphatic rings.